The minimum atomic E-state index is -0.206. The van der Waals surface area contributed by atoms with Gasteiger partial charge in [0, 0.05) is 18.1 Å². The molecule has 0 fully saturated rings. The number of pyridine rings is 1. The van der Waals surface area contributed by atoms with Gasteiger partial charge in [0.15, 0.2) is 0 Å². The molecule has 0 bridgehead atoms. The molecule has 3 heteroatoms. The highest BCUT2D eigenvalue weighted by molar-refractivity contribution is 6.05. The molecule has 2 aromatic heterocycles. The number of fused-ring (bicyclic) bond motifs is 3. The molecule has 0 N–H and O–H groups in total. The lowest BCUT2D eigenvalue weighted by Crippen LogP contribution is -1.99. The number of hydrogen-bond acceptors (Lipinski definition) is 1. The van der Waals surface area contributed by atoms with Gasteiger partial charge < -0.3 is 4.57 Å². The third-order valence-corrected chi connectivity index (χ3v) is 3.78. The highest BCUT2D eigenvalue weighted by Crippen LogP contribution is 2.27. The molecule has 0 aliphatic carbocycles. The van der Waals surface area contributed by atoms with Crippen LogP contribution in [0.4, 0.5) is 4.39 Å². The van der Waals surface area contributed by atoms with Crippen LogP contribution in [-0.2, 0) is 6.54 Å². The fraction of sp³-hybridized carbons (Fsp3) is 0.0556. The van der Waals surface area contributed by atoms with Crippen molar-refractivity contribution in [2.45, 2.75) is 6.54 Å². The van der Waals surface area contributed by atoms with E-state index in [2.05, 4.69) is 27.8 Å². The maximum Gasteiger partial charge on any atom is 0.123 e. The molecule has 0 atom stereocenters. The number of nitrogens with zero attached hydrogens (tertiary/aromatic N) is 2. The minimum absolute atomic E-state index is 0.206. The molecule has 0 saturated carbocycles. The first kappa shape index (κ1) is 12.1. The smallest absolute Gasteiger partial charge is 0.123 e. The first-order valence-corrected chi connectivity index (χ1v) is 6.89. The van der Waals surface area contributed by atoms with Gasteiger partial charge in [-0.25, -0.2) is 4.39 Å². The third-order valence-electron chi connectivity index (χ3n) is 3.78. The van der Waals surface area contributed by atoms with E-state index in [1.54, 1.807) is 0 Å². The van der Waals surface area contributed by atoms with Crippen molar-refractivity contribution in [3.05, 3.63) is 78.2 Å². The van der Waals surface area contributed by atoms with E-state index >= 15 is 0 Å². The van der Waals surface area contributed by atoms with Gasteiger partial charge in [-0.3, -0.25) is 4.98 Å². The lowest BCUT2D eigenvalue weighted by molar-refractivity contribution is 0.626. The van der Waals surface area contributed by atoms with Gasteiger partial charge in [0.25, 0.3) is 0 Å². The Balaban J connectivity index is 1.95. The van der Waals surface area contributed by atoms with Gasteiger partial charge >= 0.3 is 0 Å². The van der Waals surface area contributed by atoms with E-state index in [-0.39, 0.29) is 5.82 Å². The average molecular weight is 276 g/mol. The molecule has 0 aliphatic rings. The second-order valence-corrected chi connectivity index (χ2v) is 5.10. The summed E-state index contributed by atoms with van der Waals surface area (Å²) in [5.74, 6) is -0.206. The van der Waals surface area contributed by atoms with Crippen LogP contribution in [0.5, 0.6) is 0 Å². The first-order valence-electron chi connectivity index (χ1n) is 6.89. The quantitative estimate of drug-likeness (QED) is 0.531. The van der Waals surface area contributed by atoms with Crippen molar-refractivity contribution in [3.8, 4) is 0 Å². The van der Waals surface area contributed by atoms with Crippen LogP contribution in [0.3, 0.4) is 0 Å². The van der Waals surface area contributed by atoms with Crippen LogP contribution in [0.15, 0.2) is 66.9 Å². The topological polar surface area (TPSA) is 17.8 Å². The molecule has 2 aromatic carbocycles. The zero-order valence-electron chi connectivity index (χ0n) is 11.3. The van der Waals surface area contributed by atoms with Gasteiger partial charge in [0.1, 0.15) is 5.82 Å². The Hall–Kier alpha value is -2.68. The summed E-state index contributed by atoms with van der Waals surface area (Å²) >= 11 is 0. The summed E-state index contributed by atoms with van der Waals surface area (Å²) in [5, 5.41) is 1.15. The van der Waals surface area contributed by atoms with Crippen LogP contribution in [0.1, 0.15) is 5.56 Å². The minimum Gasteiger partial charge on any atom is -0.335 e. The second kappa shape index (κ2) is 4.70. The molecule has 0 aliphatic heterocycles. The normalized spacial score (nSPS) is 11.3. The van der Waals surface area contributed by atoms with Gasteiger partial charge in [-0.2, -0.15) is 0 Å². The van der Waals surface area contributed by atoms with Crippen LogP contribution in [-0.4, -0.2) is 9.55 Å². The predicted octanol–water partition coefficient (Wildman–Crippen LogP) is 4.38. The Morgan fingerprint density at radius 3 is 2.48 bits per heavy atom. The molecular formula is C18H13FN2. The summed E-state index contributed by atoms with van der Waals surface area (Å²) in [7, 11) is 0. The maximum atomic E-state index is 13.1. The molecule has 2 heterocycles. The molecule has 0 unspecified atom stereocenters. The number of halogens is 1. The summed E-state index contributed by atoms with van der Waals surface area (Å²) in [6.45, 7) is 0.704. The molecule has 0 spiro atoms. The Labute approximate surface area is 121 Å². The molecule has 4 rings (SSSR count). The van der Waals surface area contributed by atoms with Crippen molar-refractivity contribution in [1.82, 2.24) is 9.55 Å². The SMILES string of the molecule is Fc1ccc(Cn2c3ccccc3c3ncccc32)cc1. The van der Waals surface area contributed by atoms with Crippen LogP contribution in [0.25, 0.3) is 21.9 Å². The molecule has 4 aromatic rings. The highest BCUT2D eigenvalue weighted by Gasteiger charge is 2.10. The molecule has 0 amide bonds. The van der Waals surface area contributed by atoms with Gasteiger partial charge in [0.2, 0.25) is 0 Å². The Kier molecular flexibility index (Phi) is 2.71. The molecule has 21 heavy (non-hydrogen) atoms. The number of aromatic nitrogens is 2. The lowest BCUT2D eigenvalue weighted by Gasteiger charge is -2.07. The highest BCUT2D eigenvalue weighted by atomic mass is 19.1. The second-order valence-electron chi connectivity index (χ2n) is 5.10. The monoisotopic (exact) mass is 276 g/mol. The van der Waals surface area contributed by atoms with Crippen LogP contribution in [0, 0.1) is 5.82 Å². The first-order chi connectivity index (χ1) is 10.3. The van der Waals surface area contributed by atoms with Crippen molar-refractivity contribution in [1.29, 1.82) is 0 Å². The van der Waals surface area contributed by atoms with E-state index in [0.29, 0.717) is 6.54 Å². The van der Waals surface area contributed by atoms with E-state index < -0.39 is 0 Å². The Morgan fingerprint density at radius 1 is 0.857 bits per heavy atom. The van der Waals surface area contributed by atoms with Crippen molar-refractivity contribution >= 4 is 21.9 Å². The van der Waals surface area contributed by atoms with Crippen molar-refractivity contribution in [2.24, 2.45) is 0 Å². The number of benzene rings is 2. The van der Waals surface area contributed by atoms with E-state index in [0.717, 1.165) is 27.5 Å². The molecule has 2 nitrogen and oxygen atoms in total. The fourth-order valence-electron chi connectivity index (χ4n) is 2.80. The summed E-state index contributed by atoms with van der Waals surface area (Å²) in [6.07, 6.45) is 1.82. The lowest BCUT2D eigenvalue weighted by atomic mass is 10.2. The number of para-hydroxylation sites is 1. The largest absolute Gasteiger partial charge is 0.335 e. The zero-order valence-corrected chi connectivity index (χ0v) is 11.3. The van der Waals surface area contributed by atoms with Gasteiger partial charge in [-0.05, 0) is 35.9 Å². The summed E-state index contributed by atoms with van der Waals surface area (Å²) in [5.41, 5.74) is 4.33. The number of hydrogen-bond donors (Lipinski definition) is 0. The van der Waals surface area contributed by atoms with Gasteiger partial charge in [0.05, 0.1) is 16.6 Å². The van der Waals surface area contributed by atoms with Gasteiger partial charge in [-0.15, -0.1) is 0 Å². The van der Waals surface area contributed by atoms with Crippen LogP contribution < -0.4 is 0 Å². The van der Waals surface area contributed by atoms with E-state index in [4.69, 9.17) is 0 Å². The Bertz CT molecular complexity index is 870. The summed E-state index contributed by atoms with van der Waals surface area (Å²) in [6, 6.07) is 18.9. The fourth-order valence-corrected chi connectivity index (χ4v) is 2.80. The Morgan fingerprint density at radius 2 is 1.62 bits per heavy atom. The number of rotatable bonds is 2. The third kappa shape index (κ3) is 1.98. The molecule has 0 saturated heterocycles. The van der Waals surface area contributed by atoms with Crippen LogP contribution >= 0.6 is 0 Å². The average Bonchev–Trinajstić information content (AvgIpc) is 2.85. The standard InChI is InChI=1S/C18H13FN2/c19-14-9-7-13(8-10-14)12-21-16-5-2-1-4-15(16)18-17(21)6-3-11-20-18/h1-11H,12H2. The zero-order chi connectivity index (χ0) is 14.2. The van der Waals surface area contributed by atoms with Gasteiger partial charge in [-0.1, -0.05) is 30.3 Å². The van der Waals surface area contributed by atoms with Crippen molar-refractivity contribution in [2.75, 3.05) is 0 Å². The maximum absolute atomic E-state index is 13.1. The molecular weight excluding hydrogens is 263 g/mol. The van der Waals surface area contributed by atoms with Crippen molar-refractivity contribution < 1.29 is 4.39 Å². The molecule has 0 radical (unpaired) electrons. The van der Waals surface area contributed by atoms with E-state index in [1.807, 2.05) is 36.5 Å². The predicted molar refractivity (Wildman–Crippen MR) is 82.7 cm³/mol. The van der Waals surface area contributed by atoms with E-state index in [1.165, 1.54) is 12.1 Å². The summed E-state index contributed by atoms with van der Waals surface area (Å²) < 4.78 is 15.3. The molecule has 102 valence electrons. The van der Waals surface area contributed by atoms with Crippen molar-refractivity contribution in [3.63, 3.8) is 0 Å². The summed E-state index contributed by atoms with van der Waals surface area (Å²) in [4.78, 5) is 4.50. The van der Waals surface area contributed by atoms with E-state index in [9.17, 15) is 4.39 Å². The van der Waals surface area contributed by atoms with Crippen LogP contribution in [0.2, 0.25) is 0 Å².